The maximum atomic E-state index is 13.1. The minimum absolute atomic E-state index is 0.0347. The third-order valence-corrected chi connectivity index (χ3v) is 6.71. The van der Waals surface area contributed by atoms with Crippen LogP contribution in [0.3, 0.4) is 0 Å². The van der Waals surface area contributed by atoms with Crippen molar-refractivity contribution < 1.29 is 40.6 Å². The number of rotatable bonds is 10. The molecule has 4 aromatic rings. The molecule has 4 rings (SSSR count). The first-order valence-electron chi connectivity index (χ1n) is 12.6. The highest BCUT2D eigenvalue weighted by Gasteiger charge is 2.38. The highest BCUT2D eigenvalue weighted by molar-refractivity contribution is 6.30. The van der Waals surface area contributed by atoms with Gasteiger partial charge in [0.2, 0.25) is 5.91 Å². The lowest BCUT2D eigenvalue weighted by atomic mass is 9.70. The van der Waals surface area contributed by atoms with Crippen molar-refractivity contribution >= 4 is 17.5 Å². The van der Waals surface area contributed by atoms with Crippen LogP contribution < -0.4 is 14.8 Å². The lowest BCUT2D eigenvalue weighted by molar-refractivity contribution is -0.275. The third-order valence-electron chi connectivity index (χ3n) is 6.45. The van der Waals surface area contributed by atoms with E-state index in [-0.39, 0.29) is 30.5 Å². The number of ether oxygens (including phenoxy) is 2. The van der Waals surface area contributed by atoms with Gasteiger partial charge in [0, 0.05) is 17.0 Å². The van der Waals surface area contributed by atoms with Crippen LogP contribution in [0.5, 0.6) is 11.5 Å². The second-order valence-corrected chi connectivity index (χ2v) is 9.91. The summed E-state index contributed by atoms with van der Waals surface area (Å²) in [5.41, 5.74) is 0.556. The molecule has 0 unspecified atom stereocenters. The van der Waals surface area contributed by atoms with Crippen molar-refractivity contribution in [2.75, 3.05) is 6.54 Å². The monoisotopic (exact) mass is 607 g/mol. The molecule has 4 aromatic carbocycles. The summed E-state index contributed by atoms with van der Waals surface area (Å²) in [6.45, 7) is -0.181. The highest BCUT2D eigenvalue weighted by atomic mass is 35.5. The minimum atomic E-state index is -4.98. The summed E-state index contributed by atoms with van der Waals surface area (Å²) in [5, 5.41) is 3.33. The Balaban J connectivity index is 1.82. The molecule has 0 aromatic heterocycles. The molecular weight excluding hydrogens is 584 g/mol. The maximum absolute atomic E-state index is 13.1. The number of alkyl halides is 6. The fourth-order valence-electron chi connectivity index (χ4n) is 4.66. The maximum Gasteiger partial charge on any atom is 0.573 e. The summed E-state index contributed by atoms with van der Waals surface area (Å²) < 4.78 is 87.1. The standard InChI is InChI=1S/C31H24ClF6NO3/c32-25-14-12-21(13-15-25)16-28(40)39-20-29(19-22-6-2-1-3-7-22,23-8-4-10-26(17-23)41-30(33,34)35)24-9-5-11-27(18-24)42-31(36,37)38/h1-15,17-18H,16,19-20H2,(H,39,40). The van der Waals surface area contributed by atoms with Gasteiger partial charge in [-0.3, -0.25) is 4.79 Å². The average molecular weight is 608 g/mol. The van der Waals surface area contributed by atoms with E-state index < -0.39 is 35.5 Å². The minimum Gasteiger partial charge on any atom is -0.406 e. The first-order valence-corrected chi connectivity index (χ1v) is 13.0. The van der Waals surface area contributed by atoms with Crippen LogP contribution in [-0.2, 0) is 23.1 Å². The number of halogens is 7. The Morgan fingerprint density at radius 1 is 0.667 bits per heavy atom. The number of carbonyl (C=O) groups is 1. The first-order chi connectivity index (χ1) is 19.8. The van der Waals surface area contributed by atoms with Crippen molar-refractivity contribution in [3.8, 4) is 11.5 Å². The molecule has 0 fully saturated rings. The van der Waals surface area contributed by atoms with Gasteiger partial charge in [-0.25, -0.2) is 0 Å². The lowest BCUT2D eigenvalue weighted by Crippen LogP contribution is -2.44. The quantitative estimate of drug-likeness (QED) is 0.186. The van der Waals surface area contributed by atoms with E-state index >= 15 is 0 Å². The molecule has 0 aliphatic carbocycles. The molecule has 11 heteroatoms. The van der Waals surface area contributed by atoms with Gasteiger partial charge in [-0.2, -0.15) is 0 Å². The third kappa shape index (κ3) is 8.66. The van der Waals surface area contributed by atoms with Crippen molar-refractivity contribution in [3.05, 3.63) is 130 Å². The Morgan fingerprint density at radius 3 is 1.69 bits per heavy atom. The predicted octanol–water partition coefficient (Wildman–Crippen LogP) is 8.02. The van der Waals surface area contributed by atoms with Gasteiger partial charge >= 0.3 is 12.7 Å². The lowest BCUT2D eigenvalue weighted by Gasteiger charge is -2.36. The van der Waals surface area contributed by atoms with Crippen LogP contribution in [-0.4, -0.2) is 25.2 Å². The van der Waals surface area contributed by atoms with E-state index in [2.05, 4.69) is 14.8 Å². The zero-order valence-electron chi connectivity index (χ0n) is 21.8. The molecule has 0 saturated heterocycles. The van der Waals surface area contributed by atoms with Crippen molar-refractivity contribution in [3.63, 3.8) is 0 Å². The van der Waals surface area contributed by atoms with Crippen LogP contribution >= 0.6 is 11.6 Å². The van der Waals surface area contributed by atoms with Crippen molar-refractivity contribution in [2.45, 2.75) is 31.0 Å². The molecule has 42 heavy (non-hydrogen) atoms. The molecule has 0 heterocycles. The normalized spacial score (nSPS) is 12.1. The average Bonchev–Trinajstić information content (AvgIpc) is 2.91. The van der Waals surface area contributed by atoms with E-state index in [9.17, 15) is 31.1 Å². The van der Waals surface area contributed by atoms with Crippen LogP contribution in [0.25, 0.3) is 0 Å². The summed E-state index contributed by atoms with van der Waals surface area (Å²) in [6, 6.07) is 25.8. The second kappa shape index (κ2) is 12.8. The van der Waals surface area contributed by atoms with Crippen LogP contribution in [0.2, 0.25) is 5.02 Å². The van der Waals surface area contributed by atoms with Crippen LogP contribution in [0.4, 0.5) is 26.3 Å². The fourth-order valence-corrected chi connectivity index (χ4v) is 4.79. The van der Waals surface area contributed by atoms with Gasteiger partial charge in [0.15, 0.2) is 0 Å². The first kappa shape index (κ1) is 30.8. The van der Waals surface area contributed by atoms with E-state index in [1.54, 1.807) is 54.6 Å². The van der Waals surface area contributed by atoms with E-state index in [1.807, 2.05) is 0 Å². The summed E-state index contributed by atoms with van der Waals surface area (Å²) >= 11 is 5.93. The topological polar surface area (TPSA) is 47.6 Å². The number of carbonyl (C=O) groups excluding carboxylic acids is 1. The molecule has 0 bridgehead atoms. The van der Waals surface area contributed by atoms with Gasteiger partial charge in [-0.1, -0.05) is 78.3 Å². The van der Waals surface area contributed by atoms with Crippen LogP contribution in [0.15, 0.2) is 103 Å². The van der Waals surface area contributed by atoms with Gasteiger partial charge in [0.05, 0.1) is 6.42 Å². The van der Waals surface area contributed by atoms with Crippen molar-refractivity contribution in [1.82, 2.24) is 5.32 Å². The summed E-state index contributed by atoms with van der Waals surface area (Å²) in [7, 11) is 0. The number of benzene rings is 4. The molecule has 0 radical (unpaired) electrons. The largest absolute Gasteiger partial charge is 0.573 e. The van der Waals surface area contributed by atoms with Gasteiger partial charge < -0.3 is 14.8 Å². The Kier molecular flexibility index (Phi) is 9.36. The van der Waals surface area contributed by atoms with Crippen molar-refractivity contribution in [1.29, 1.82) is 0 Å². The zero-order valence-corrected chi connectivity index (χ0v) is 22.6. The fraction of sp³-hybridized carbons (Fsp3) is 0.194. The van der Waals surface area contributed by atoms with Gasteiger partial charge in [0.25, 0.3) is 0 Å². The second-order valence-electron chi connectivity index (χ2n) is 9.48. The van der Waals surface area contributed by atoms with Gasteiger partial charge in [0.1, 0.15) is 11.5 Å². The number of hydrogen-bond acceptors (Lipinski definition) is 3. The molecule has 0 saturated carbocycles. The molecule has 1 N–H and O–H groups in total. The number of hydrogen-bond donors (Lipinski definition) is 1. The number of nitrogens with one attached hydrogen (secondary N) is 1. The van der Waals surface area contributed by atoms with E-state index in [4.69, 9.17) is 11.6 Å². The van der Waals surface area contributed by atoms with E-state index in [0.29, 0.717) is 16.1 Å². The number of amides is 1. The van der Waals surface area contributed by atoms with Gasteiger partial charge in [-0.15, -0.1) is 26.3 Å². The van der Waals surface area contributed by atoms with Gasteiger partial charge in [-0.05, 0) is 65.1 Å². The molecule has 220 valence electrons. The Hall–Kier alpha value is -4.18. The summed E-state index contributed by atoms with van der Waals surface area (Å²) in [4.78, 5) is 13.1. The zero-order chi connectivity index (χ0) is 30.4. The molecule has 0 spiro atoms. The highest BCUT2D eigenvalue weighted by Crippen LogP contribution is 2.40. The molecule has 1 amide bonds. The predicted molar refractivity (Wildman–Crippen MR) is 145 cm³/mol. The smallest absolute Gasteiger partial charge is 0.406 e. The SMILES string of the molecule is O=C(Cc1ccc(Cl)cc1)NCC(Cc1ccccc1)(c1cccc(OC(F)(F)F)c1)c1cccc(OC(F)(F)F)c1. The molecule has 4 nitrogen and oxygen atoms in total. The van der Waals surface area contributed by atoms with Crippen molar-refractivity contribution in [2.24, 2.45) is 0 Å². The Morgan fingerprint density at radius 2 is 1.19 bits per heavy atom. The summed E-state index contributed by atoms with van der Waals surface area (Å²) in [6.07, 6.45) is -9.89. The molecular formula is C31H24ClF6NO3. The van der Waals surface area contributed by atoms with Crippen LogP contribution in [0, 0.1) is 0 Å². The Labute approximate surface area is 242 Å². The van der Waals surface area contributed by atoms with Crippen LogP contribution in [0.1, 0.15) is 22.3 Å². The van der Waals surface area contributed by atoms with E-state index in [0.717, 1.165) is 12.1 Å². The molecule has 0 atom stereocenters. The molecule has 0 aliphatic heterocycles. The summed E-state index contributed by atoms with van der Waals surface area (Å²) in [5.74, 6) is -1.46. The Bertz CT molecular complexity index is 1430. The molecule has 0 aliphatic rings. The van der Waals surface area contributed by atoms with E-state index in [1.165, 1.54) is 36.4 Å².